The summed E-state index contributed by atoms with van der Waals surface area (Å²) in [5.74, 6) is -0.362. The molecule has 0 fully saturated rings. The van der Waals surface area contributed by atoms with E-state index in [1.54, 1.807) is 18.2 Å². The van der Waals surface area contributed by atoms with Gasteiger partial charge < -0.3 is 24.4 Å². The van der Waals surface area contributed by atoms with Gasteiger partial charge in [0.25, 0.3) is 0 Å². The van der Waals surface area contributed by atoms with Crippen LogP contribution >= 0.6 is 0 Å². The van der Waals surface area contributed by atoms with Gasteiger partial charge in [-0.2, -0.15) is 0 Å². The summed E-state index contributed by atoms with van der Waals surface area (Å²) in [6, 6.07) is 5.17. The Hall–Kier alpha value is -2.48. The van der Waals surface area contributed by atoms with Crippen molar-refractivity contribution in [2.24, 2.45) is 0 Å². The summed E-state index contributed by atoms with van der Waals surface area (Å²) in [5, 5.41) is 21.4. The first-order valence-corrected chi connectivity index (χ1v) is 7.74. The number of rotatable bonds is 8. The second kappa shape index (κ2) is 7.87. The average molecular weight is 339 g/mol. The molecule has 1 atom stereocenters. The number of aliphatic carboxylic acids is 1. The maximum absolute atomic E-state index is 11.6. The molecule has 1 unspecified atom stereocenters. The van der Waals surface area contributed by atoms with Crippen LogP contribution in [-0.2, 0) is 16.0 Å². The third-order valence-electron chi connectivity index (χ3n) is 3.61. The van der Waals surface area contributed by atoms with E-state index in [4.69, 9.17) is 14.2 Å². The van der Waals surface area contributed by atoms with E-state index in [-0.39, 0.29) is 26.2 Å². The normalized spacial score (nSPS) is 14.8. The highest BCUT2D eigenvalue weighted by molar-refractivity contribution is 5.82. The number of carbonyl (C=O) groups excluding carboxylic acids is 1. The number of aliphatic hydroxyl groups is 1. The molecule has 24 heavy (non-hydrogen) atoms. The van der Waals surface area contributed by atoms with Crippen molar-refractivity contribution in [2.45, 2.75) is 38.3 Å². The first-order chi connectivity index (χ1) is 11.4. The van der Waals surface area contributed by atoms with E-state index in [2.05, 4.69) is 0 Å². The number of unbranched alkanes of at least 4 members (excludes halogenated alkanes) is 1. The van der Waals surface area contributed by atoms with Crippen LogP contribution in [0.4, 0.5) is 4.79 Å². The minimum atomic E-state index is -2.40. The third kappa shape index (κ3) is 4.51. The van der Waals surface area contributed by atoms with Gasteiger partial charge >= 0.3 is 12.1 Å². The van der Waals surface area contributed by atoms with Gasteiger partial charge in [0.15, 0.2) is 11.5 Å². The number of ether oxygens (including phenoxy) is 3. The Kier molecular flexibility index (Phi) is 5.86. The van der Waals surface area contributed by atoms with Crippen molar-refractivity contribution in [2.75, 3.05) is 13.4 Å². The van der Waals surface area contributed by atoms with E-state index in [1.165, 1.54) is 0 Å². The smallest absolute Gasteiger partial charge is 0.409 e. The van der Waals surface area contributed by atoms with Crippen LogP contribution in [0.25, 0.3) is 0 Å². The van der Waals surface area contributed by atoms with Gasteiger partial charge in [-0.05, 0) is 30.5 Å². The van der Waals surface area contributed by atoms with E-state index in [9.17, 15) is 19.8 Å². The molecular formula is C16H21NO7. The van der Waals surface area contributed by atoms with Crippen LogP contribution < -0.4 is 14.8 Å². The highest BCUT2D eigenvalue weighted by Gasteiger charge is 2.38. The zero-order valence-corrected chi connectivity index (χ0v) is 13.4. The summed E-state index contributed by atoms with van der Waals surface area (Å²) in [6.45, 7) is 2.24. The molecule has 0 saturated heterocycles. The quantitative estimate of drug-likeness (QED) is 0.487. The van der Waals surface area contributed by atoms with Crippen LogP contribution in [0.3, 0.4) is 0 Å². The van der Waals surface area contributed by atoms with Gasteiger partial charge in [-0.1, -0.05) is 19.4 Å². The third-order valence-corrected chi connectivity index (χ3v) is 3.61. The number of amides is 1. The summed E-state index contributed by atoms with van der Waals surface area (Å²) in [4.78, 5) is 22.9. The number of alkyl carbamates (subject to hydrolysis) is 1. The molecule has 0 saturated carbocycles. The number of benzene rings is 1. The monoisotopic (exact) mass is 339 g/mol. The van der Waals surface area contributed by atoms with Crippen molar-refractivity contribution >= 4 is 12.1 Å². The Morgan fingerprint density at radius 3 is 2.79 bits per heavy atom. The van der Waals surface area contributed by atoms with E-state index in [0.717, 1.165) is 12.0 Å². The molecule has 1 amide bonds. The minimum Gasteiger partial charge on any atom is -0.478 e. The molecule has 0 spiro atoms. The molecule has 8 nitrogen and oxygen atoms in total. The molecule has 1 aliphatic heterocycles. The van der Waals surface area contributed by atoms with Crippen LogP contribution in [0.15, 0.2) is 18.2 Å². The topological polar surface area (TPSA) is 114 Å². The molecule has 1 aromatic rings. The van der Waals surface area contributed by atoms with E-state index < -0.39 is 17.8 Å². The molecule has 8 heteroatoms. The second-order valence-electron chi connectivity index (χ2n) is 5.47. The SMILES string of the molecule is CCCCOC(=O)NC(O)(CCc1ccc2c(c1)OCO2)C(=O)O. The number of hydrogen-bond acceptors (Lipinski definition) is 6. The van der Waals surface area contributed by atoms with Crippen molar-refractivity contribution < 1.29 is 34.0 Å². The molecule has 1 heterocycles. The molecule has 1 aliphatic rings. The number of carboxylic acid groups (broad SMARTS) is 1. The van der Waals surface area contributed by atoms with Crippen molar-refractivity contribution in [3.63, 3.8) is 0 Å². The number of aryl methyl sites for hydroxylation is 1. The van der Waals surface area contributed by atoms with Crippen molar-refractivity contribution in [3.05, 3.63) is 23.8 Å². The average Bonchev–Trinajstić information content (AvgIpc) is 3.00. The predicted molar refractivity (Wildman–Crippen MR) is 82.9 cm³/mol. The molecule has 1 aromatic carbocycles. The summed E-state index contributed by atoms with van der Waals surface area (Å²) < 4.78 is 15.3. The molecule has 0 aromatic heterocycles. The largest absolute Gasteiger partial charge is 0.478 e. The zero-order chi connectivity index (χ0) is 17.6. The lowest BCUT2D eigenvalue weighted by Crippen LogP contribution is -2.55. The van der Waals surface area contributed by atoms with Gasteiger partial charge in [-0.3, -0.25) is 5.32 Å². The molecule has 0 bridgehead atoms. The van der Waals surface area contributed by atoms with Crippen molar-refractivity contribution in [3.8, 4) is 11.5 Å². The number of carboxylic acids is 1. The molecule has 0 radical (unpaired) electrons. The van der Waals surface area contributed by atoms with Crippen LogP contribution in [0, 0.1) is 0 Å². The lowest BCUT2D eigenvalue weighted by molar-refractivity contribution is -0.162. The van der Waals surface area contributed by atoms with Crippen LogP contribution in [-0.4, -0.2) is 41.4 Å². The first kappa shape index (κ1) is 17.9. The number of fused-ring (bicyclic) bond motifs is 1. The van der Waals surface area contributed by atoms with E-state index >= 15 is 0 Å². The summed E-state index contributed by atoms with van der Waals surface area (Å²) in [5.41, 5.74) is -1.65. The Morgan fingerprint density at radius 2 is 2.08 bits per heavy atom. The zero-order valence-electron chi connectivity index (χ0n) is 13.4. The number of carbonyl (C=O) groups is 2. The summed E-state index contributed by atoms with van der Waals surface area (Å²) >= 11 is 0. The van der Waals surface area contributed by atoms with Crippen LogP contribution in [0.1, 0.15) is 31.7 Å². The van der Waals surface area contributed by atoms with Crippen molar-refractivity contribution in [1.82, 2.24) is 5.32 Å². The fourth-order valence-corrected chi connectivity index (χ4v) is 2.16. The molecule has 132 valence electrons. The number of hydrogen-bond donors (Lipinski definition) is 3. The molecule has 2 rings (SSSR count). The molecule has 0 aliphatic carbocycles. The number of nitrogens with one attached hydrogen (secondary N) is 1. The fraction of sp³-hybridized carbons (Fsp3) is 0.500. The van der Waals surface area contributed by atoms with E-state index in [0.29, 0.717) is 17.9 Å². The molecular weight excluding hydrogens is 318 g/mol. The minimum absolute atomic E-state index is 0.142. The Labute approximate surface area is 139 Å². The summed E-state index contributed by atoms with van der Waals surface area (Å²) in [6.07, 6.45) is 0.537. The highest BCUT2D eigenvalue weighted by atomic mass is 16.7. The standard InChI is InChI=1S/C16H21NO7/c1-2-3-8-22-15(20)17-16(21,14(18)19)7-6-11-4-5-12-13(9-11)24-10-23-12/h4-5,9,21H,2-3,6-8,10H2,1H3,(H,17,20)(H,18,19). The highest BCUT2D eigenvalue weighted by Crippen LogP contribution is 2.33. The molecule has 3 N–H and O–H groups in total. The maximum Gasteiger partial charge on any atom is 0.409 e. The van der Waals surface area contributed by atoms with Gasteiger partial charge in [-0.25, -0.2) is 9.59 Å². The second-order valence-corrected chi connectivity index (χ2v) is 5.47. The lowest BCUT2D eigenvalue weighted by Gasteiger charge is -2.24. The maximum atomic E-state index is 11.6. The Morgan fingerprint density at radius 1 is 1.33 bits per heavy atom. The Bertz CT molecular complexity index is 604. The summed E-state index contributed by atoms with van der Waals surface area (Å²) in [7, 11) is 0. The predicted octanol–water partition coefficient (Wildman–Crippen LogP) is 1.65. The van der Waals surface area contributed by atoms with Gasteiger partial charge in [0, 0.05) is 6.42 Å². The first-order valence-electron chi connectivity index (χ1n) is 7.74. The van der Waals surface area contributed by atoms with Gasteiger partial charge in [0.2, 0.25) is 12.5 Å². The van der Waals surface area contributed by atoms with Gasteiger partial charge in [-0.15, -0.1) is 0 Å². The van der Waals surface area contributed by atoms with Crippen molar-refractivity contribution in [1.29, 1.82) is 0 Å². The van der Waals surface area contributed by atoms with E-state index in [1.807, 2.05) is 12.2 Å². The Balaban J connectivity index is 1.94. The van der Waals surface area contributed by atoms with Gasteiger partial charge in [0.05, 0.1) is 6.61 Å². The lowest BCUT2D eigenvalue weighted by atomic mass is 10.0. The fourth-order valence-electron chi connectivity index (χ4n) is 2.16. The van der Waals surface area contributed by atoms with Crippen LogP contribution in [0.2, 0.25) is 0 Å². The van der Waals surface area contributed by atoms with Gasteiger partial charge in [0.1, 0.15) is 0 Å². The van der Waals surface area contributed by atoms with Crippen LogP contribution in [0.5, 0.6) is 11.5 Å².